The maximum atomic E-state index is 12.3. The Kier molecular flexibility index (Phi) is 5.14. The number of amides is 1. The van der Waals surface area contributed by atoms with Crippen LogP contribution in [0.5, 0.6) is 12.0 Å². The Balaban J connectivity index is 1.68. The molecule has 0 saturated heterocycles. The lowest BCUT2D eigenvalue weighted by Gasteiger charge is -2.05. The van der Waals surface area contributed by atoms with Crippen LogP contribution in [0.2, 0.25) is 0 Å². The summed E-state index contributed by atoms with van der Waals surface area (Å²) < 4.78 is 9.95. The van der Waals surface area contributed by atoms with Crippen LogP contribution in [0.15, 0.2) is 35.7 Å². The van der Waals surface area contributed by atoms with Gasteiger partial charge in [-0.25, -0.2) is 4.98 Å². The second kappa shape index (κ2) is 7.67. The number of carbonyl (C=O) groups excluding carboxylic acids is 1. The quantitative estimate of drug-likeness (QED) is 0.720. The third-order valence-corrected chi connectivity index (χ3v) is 4.02. The highest BCUT2D eigenvalue weighted by atomic mass is 32.1. The van der Waals surface area contributed by atoms with Crippen LogP contribution >= 0.6 is 11.3 Å². The van der Waals surface area contributed by atoms with Gasteiger partial charge in [0.1, 0.15) is 0 Å². The molecular weight excluding hydrogens is 342 g/mol. The normalized spacial score (nSPS) is 10.3. The molecule has 0 aliphatic heterocycles. The highest BCUT2D eigenvalue weighted by Gasteiger charge is 2.13. The number of hydrogen-bond donors (Lipinski definition) is 1. The first kappa shape index (κ1) is 16.8. The van der Waals surface area contributed by atoms with Crippen LogP contribution in [0.1, 0.15) is 15.6 Å². The van der Waals surface area contributed by atoms with Gasteiger partial charge in [-0.15, -0.1) is 16.3 Å². The van der Waals surface area contributed by atoms with E-state index in [1.807, 2.05) is 35.7 Å². The van der Waals surface area contributed by atoms with Gasteiger partial charge in [-0.1, -0.05) is 30.3 Å². The minimum absolute atomic E-state index is 0.105. The van der Waals surface area contributed by atoms with Crippen molar-refractivity contribution in [3.8, 4) is 23.3 Å². The second-order valence-electron chi connectivity index (χ2n) is 4.81. The highest BCUT2D eigenvalue weighted by Crippen LogP contribution is 2.21. The molecule has 2 aromatic heterocycles. The van der Waals surface area contributed by atoms with Crippen molar-refractivity contribution in [1.29, 1.82) is 0 Å². The van der Waals surface area contributed by atoms with Crippen LogP contribution in [-0.4, -0.2) is 40.1 Å². The number of nitrogens with zero attached hydrogens (tertiary/aromatic N) is 4. The van der Waals surface area contributed by atoms with Crippen molar-refractivity contribution in [2.45, 2.75) is 6.54 Å². The summed E-state index contributed by atoms with van der Waals surface area (Å²) in [5.41, 5.74) is 1.73. The first-order valence-corrected chi connectivity index (χ1v) is 8.19. The molecule has 0 unspecified atom stereocenters. The number of ether oxygens (including phenoxy) is 2. The van der Waals surface area contributed by atoms with Crippen molar-refractivity contribution in [2.75, 3.05) is 14.2 Å². The van der Waals surface area contributed by atoms with Gasteiger partial charge in [-0.3, -0.25) is 4.79 Å². The Labute approximate surface area is 147 Å². The van der Waals surface area contributed by atoms with Crippen molar-refractivity contribution in [1.82, 2.24) is 25.3 Å². The van der Waals surface area contributed by atoms with Gasteiger partial charge >= 0.3 is 12.0 Å². The Morgan fingerprint density at radius 3 is 2.36 bits per heavy atom. The summed E-state index contributed by atoms with van der Waals surface area (Å²) >= 11 is 1.28. The summed E-state index contributed by atoms with van der Waals surface area (Å²) in [6, 6.07) is 9.92. The van der Waals surface area contributed by atoms with E-state index in [1.54, 1.807) is 0 Å². The lowest BCUT2D eigenvalue weighted by Crippen LogP contribution is -2.24. The van der Waals surface area contributed by atoms with Crippen molar-refractivity contribution < 1.29 is 14.3 Å². The molecule has 0 aliphatic carbocycles. The fraction of sp³-hybridized carbons (Fsp3) is 0.188. The molecule has 0 bridgehead atoms. The topological polar surface area (TPSA) is 99.1 Å². The summed E-state index contributed by atoms with van der Waals surface area (Å²) in [4.78, 5) is 28.7. The van der Waals surface area contributed by atoms with Crippen molar-refractivity contribution >= 4 is 17.2 Å². The monoisotopic (exact) mass is 357 g/mol. The van der Waals surface area contributed by atoms with Gasteiger partial charge in [-0.05, 0) is 0 Å². The average molecular weight is 357 g/mol. The molecule has 1 amide bonds. The van der Waals surface area contributed by atoms with Gasteiger partial charge < -0.3 is 14.8 Å². The standard InChI is InChI=1S/C16H15N5O3S/c1-23-15-19-12(20-16(21-15)24-2)8-17-13(22)14-18-11(9-25-14)10-6-4-3-5-7-10/h3-7,9H,8H2,1-2H3,(H,17,22). The molecule has 0 spiro atoms. The maximum Gasteiger partial charge on any atom is 0.322 e. The highest BCUT2D eigenvalue weighted by molar-refractivity contribution is 7.12. The minimum atomic E-state index is -0.300. The predicted octanol–water partition coefficient (Wildman–Crippen LogP) is 1.94. The Bertz CT molecular complexity index is 847. The molecule has 8 nitrogen and oxygen atoms in total. The molecule has 0 atom stereocenters. The Morgan fingerprint density at radius 1 is 1.04 bits per heavy atom. The minimum Gasteiger partial charge on any atom is -0.467 e. The fourth-order valence-electron chi connectivity index (χ4n) is 1.99. The SMILES string of the molecule is COc1nc(CNC(=O)c2nc(-c3ccccc3)cs2)nc(OC)n1. The Hall–Kier alpha value is -3.07. The van der Waals surface area contributed by atoms with E-state index in [0.29, 0.717) is 10.8 Å². The second-order valence-corrected chi connectivity index (χ2v) is 5.67. The van der Waals surface area contributed by atoms with Gasteiger partial charge in [0.25, 0.3) is 5.91 Å². The van der Waals surface area contributed by atoms with Crippen LogP contribution in [0.4, 0.5) is 0 Å². The lowest BCUT2D eigenvalue weighted by atomic mass is 10.2. The van der Waals surface area contributed by atoms with Crippen molar-refractivity contribution in [3.63, 3.8) is 0 Å². The Morgan fingerprint density at radius 2 is 1.72 bits per heavy atom. The van der Waals surface area contributed by atoms with E-state index in [1.165, 1.54) is 25.6 Å². The molecule has 1 N–H and O–H groups in total. The molecule has 2 heterocycles. The summed E-state index contributed by atoms with van der Waals surface area (Å²) in [5, 5.41) is 4.94. The van der Waals surface area contributed by atoms with Crippen LogP contribution in [-0.2, 0) is 6.54 Å². The predicted molar refractivity (Wildman–Crippen MR) is 91.7 cm³/mol. The van der Waals surface area contributed by atoms with E-state index >= 15 is 0 Å². The molecule has 25 heavy (non-hydrogen) atoms. The molecule has 1 aromatic carbocycles. The summed E-state index contributed by atoms with van der Waals surface area (Å²) in [6.07, 6.45) is 0. The molecule has 3 aromatic rings. The van der Waals surface area contributed by atoms with E-state index in [9.17, 15) is 4.79 Å². The van der Waals surface area contributed by atoms with Crippen LogP contribution in [0.25, 0.3) is 11.3 Å². The first-order valence-electron chi connectivity index (χ1n) is 7.31. The van der Waals surface area contributed by atoms with Gasteiger partial charge in [0.2, 0.25) is 0 Å². The number of rotatable bonds is 6. The number of methoxy groups -OCH3 is 2. The van der Waals surface area contributed by atoms with E-state index in [0.717, 1.165) is 11.3 Å². The third kappa shape index (κ3) is 4.07. The molecule has 0 radical (unpaired) electrons. The zero-order valence-corrected chi connectivity index (χ0v) is 14.4. The van der Waals surface area contributed by atoms with Crippen LogP contribution in [0, 0.1) is 0 Å². The number of benzene rings is 1. The summed E-state index contributed by atoms with van der Waals surface area (Å²) in [6.45, 7) is 0.105. The maximum absolute atomic E-state index is 12.3. The molecule has 9 heteroatoms. The van der Waals surface area contributed by atoms with Gasteiger partial charge in [0.15, 0.2) is 10.8 Å². The first-order chi connectivity index (χ1) is 12.2. The number of thiazole rings is 1. The summed E-state index contributed by atoms with van der Waals surface area (Å²) in [5.74, 6) is 0.0300. The molecule has 128 valence electrons. The van der Waals surface area contributed by atoms with Crippen LogP contribution in [0.3, 0.4) is 0 Å². The van der Waals surface area contributed by atoms with E-state index in [2.05, 4.69) is 25.3 Å². The van der Waals surface area contributed by atoms with Gasteiger partial charge in [-0.2, -0.15) is 9.97 Å². The number of aromatic nitrogens is 4. The number of nitrogens with one attached hydrogen (secondary N) is 1. The molecular formula is C16H15N5O3S. The zero-order valence-electron chi connectivity index (χ0n) is 13.6. The lowest BCUT2D eigenvalue weighted by molar-refractivity contribution is 0.0949. The fourth-order valence-corrected chi connectivity index (χ4v) is 2.74. The van der Waals surface area contributed by atoms with Crippen LogP contribution < -0.4 is 14.8 Å². The van der Waals surface area contributed by atoms with E-state index in [-0.39, 0.29) is 24.5 Å². The van der Waals surface area contributed by atoms with E-state index in [4.69, 9.17) is 9.47 Å². The molecule has 0 fully saturated rings. The smallest absolute Gasteiger partial charge is 0.322 e. The van der Waals surface area contributed by atoms with Crippen molar-refractivity contribution in [3.05, 3.63) is 46.5 Å². The summed E-state index contributed by atoms with van der Waals surface area (Å²) in [7, 11) is 2.88. The van der Waals surface area contributed by atoms with Gasteiger partial charge in [0, 0.05) is 10.9 Å². The number of hydrogen-bond acceptors (Lipinski definition) is 8. The van der Waals surface area contributed by atoms with Crippen molar-refractivity contribution in [2.24, 2.45) is 0 Å². The average Bonchev–Trinajstić information content (AvgIpc) is 3.16. The number of carbonyl (C=O) groups is 1. The third-order valence-electron chi connectivity index (χ3n) is 3.18. The molecule has 3 rings (SSSR count). The van der Waals surface area contributed by atoms with E-state index < -0.39 is 0 Å². The molecule has 0 saturated carbocycles. The largest absolute Gasteiger partial charge is 0.467 e. The molecule has 0 aliphatic rings. The van der Waals surface area contributed by atoms with Gasteiger partial charge in [0.05, 0.1) is 26.5 Å². The zero-order chi connectivity index (χ0) is 17.6.